The molecule has 1 aromatic heterocycles. The van der Waals surface area contributed by atoms with Crippen molar-refractivity contribution in [1.82, 2.24) is 0 Å². The van der Waals surface area contributed by atoms with E-state index in [1.807, 2.05) is 0 Å². The summed E-state index contributed by atoms with van der Waals surface area (Å²) < 4.78 is 18.8. The van der Waals surface area contributed by atoms with Gasteiger partial charge in [-0.05, 0) is 61.0 Å². The number of aryl methyl sites for hydroxylation is 1. The molecule has 5 heteroatoms. The van der Waals surface area contributed by atoms with Crippen molar-refractivity contribution in [2.45, 2.75) is 6.92 Å². The maximum atomic E-state index is 13.3. The van der Waals surface area contributed by atoms with Crippen LogP contribution in [0.5, 0.6) is 0 Å². The van der Waals surface area contributed by atoms with Gasteiger partial charge in [-0.1, -0.05) is 17.7 Å². The minimum atomic E-state index is -0.432. The molecule has 3 aromatic rings. The molecule has 0 fully saturated rings. The molecule has 2 aromatic carbocycles. The highest BCUT2D eigenvalue weighted by molar-refractivity contribution is 6.30. The molecule has 0 aliphatic heterocycles. The number of amides is 1. The maximum absolute atomic E-state index is 13.3. The molecule has 0 saturated carbocycles. The number of carbonyl (C=O) groups is 1. The first-order valence-corrected chi connectivity index (χ1v) is 7.34. The van der Waals surface area contributed by atoms with Crippen molar-refractivity contribution in [3.8, 4) is 11.3 Å². The molecular weight excluding hydrogens is 317 g/mol. The summed E-state index contributed by atoms with van der Waals surface area (Å²) in [5, 5.41) is 3.27. The molecule has 0 radical (unpaired) electrons. The van der Waals surface area contributed by atoms with Crippen molar-refractivity contribution in [2.24, 2.45) is 0 Å². The summed E-state index contributed by atoms with van der Waals surface area (Å²) in [6.45, 7) is 1.79. The van der Waals surface area contributed by atoms with Gasteiger partial charge < -0.3 is 9.73 Å². The van der Waals surface area contributed by atoms with Crippen molar-refractivity contribution in [3.63, 3.8) is 0 Å². The van der Waals surface area contributed by atoms with Crippen LogP contribution in [-0.2, 0) is 0 Å². The van der Waals surface area contributed by atoms with Crippen molar-refractivity contribution >= 4 is 23.2 Å². The van der Waals surface area contributed by atoms with Crippen LogP contribution in [0.1, 0.15) is 16.1 Å². The van der Waals surface area contributed by atoms with Gasteiger partial charge in [0.2, 0.25) is 0 Å². The molecule has 0 bridgehead atoms. The van der Waals surface area contributed by atoms with Gasteiger partial charge in [0.05, 0.1) is 0 Å². The molecule has 1 N–H and O–H groups in total. The molecule has 1 amide bonds. The van der Waals surface area contributed by atoms with Crippen LogP contribution in [0.4, 0.5) is 10.1 Å². The van der Waals surface area contributed by atoms with Gasteiger partial charge in [-0.3, -0.25) is 4.79 Å². The number of anilines is 1. The normalized spacial score (nSPS) is 10.6. The Kier molecular flexibility index (Phi) is 4.17. The van der Waals surface area contributed by atoms with Crippen molar-refractivity contribution in [3.05, 3.63) is 76.8 Å². The number of nitrogens with one attached hydrogen (secondary N) is 1. The number of hydrogen-bond acceptors (Lipinski definition) is 2. The molecule has 1 heterocycles. The van der Waals surface area contributed by atoms with Crippen LogP contribution >= 0.6 is 11.6 Å². The van der Waals surface area contributed by atoms with Gasteiger partial charge in [-0.2, -0.15) is 0 Å². The summed E-state index contributed by atoms with van der Waals surface area (Å²) in [6.07, 6.45) is 0. The van der Waals surface area contributed by atoms with Gasteiger partial charge in [0.15, 0.2) is 5.76 Å². The third kappa shape index (κ3) is 3.43. The fourth-order valence-electron chi connectivity index (χ4n) is 2.14. The van der Waals surface area contributed by atoms with Crippen molar-refractivity contribution in [2.75, 3.05) is 5.32 Å². The topological polar surface area (TPSA) is 42.2 Å². The lowest BCUT2D eigenvalue weighted by molar-refractivity contribution is 0.0997. The monoisotopic (exact) mass is 329 g/mol. The molecule has 23 heavy (non-hydrogen) atoms. The summed E-state index contributed by atoms with van der Waals surface area (Å²) in [4.78, 5) is 12.2. The summed E-state index contributed by atoms with van der Waals surface area (Å²) in [5.74, 6) is -0.132. The number of halogens is 2. The van der Waals surface area contributed by atoms with Crippen LogP contribution in [0, 0.1) is 12.7 Å². The van der Waals surface area contributed by atoms with Crippen LogP contribution in [0.15, 0.2) is 59.0 Å². The van der Waals surface area contributed by atoms with Crippen LogP contribution in [0.3, 0.4) is 0 Å². The lowest BCUT2D eigenvalue weighted by atomic mass is 10.2. The largest absolute Gasteiger partial charge is 0.451 e. The molecule has 0 spiro atoms. The molecule has 0 atom stereocenters. The molecule has 0 aliphatic rings. The van der Waals surface area contributed by atoms with Crippen LogP contribution < -0.4 is 5.32 Å². The highest BCUT2D eigenvalue weighted by atomic mass is 35.5. The predicted molar refractivity (Wildman–Crippen MR) is 88.2 cm³/mol. The van der Waals surface area contributed by atoms with Crippen molar-refractivity contribution < 1.29 is 13.6 Å². The zero-order chi connectivity index (χ0) is 16.4. The van der Waals surface area contributed by atoms with E-state index in [1.54, 1.807) is 49.4 Å². The number of benzene rings is 2. The van der Waals surface area contributed by atoms with Gasteiger partial charge in [-0.15, -0.1) is 0 Å². The summed E-state index contributed by atoms with van der Waals surface area (Å²) >= 11 is 5.85. The molecule has 3 nitrogen and oxygen atoms in total. The Hall–Kier alpha value is -2.59. The number of hydrogen-bond donors (Lipinski definition) is 1. The lowest BCUT2D eigenvalue weighted by Gasteiger charge is -2.06. The van der Waals surface area contributed by atoms with Gasteiger partial charge in [0, 0.05) is 16.3 Å². The third-order valence-electron chi connectivity index (χ3n) is 3.41. The molecule has 116 valence electrons. The molecule has 0 aliphatic carbocycles. The van der Waals surface area contributed by atoms with Gasteiger partial charge >= 0.3 is 0 Å². The Morgan fingerprint density at radius 1 is 1.09 bits per heavy atom. The second kappa shape index (κ2) is 6.26. The Balaban J connectivity index is 1.81. The van der Waals surface area contributed by atoms with E-state index >= 15 is 0 Å². The average molecular weight is 330 g/mol. The number of carbonyl (C=O) groups excluding carboxylic acids is 1. The van der Waals surface area contributed by atoms with E-state index < -0.39 is 11.7 Å². The Morgan fingerprint density at radius 2 is 1.83 bits per heavy atom. The Labute approximate surface area is 137 Å². The van der Waals surface area contributed by atoms with E-state index in [4.69, 9.17) is 16.0 Å². The van der Waals surface area contributed by atoms with Gasteiger partial charge in [0.25, 0.3) is 5.91 Å². The quantitative estimate of drug-likeness (QED) is 0.708. The minimum absolute atomic E-state index is 0.151. The standard InChI is InChI=1S/C18H13ClFNO2/c1-11-2-7-14(20)10-15(11)21-18(22)17-9-8-16(23-17)12-3-5-13(19)6-4-12/h2-10H,1H3,(H,21,22). The minimum Gasteiger partial charge on any atom is -0.451 e. The van der Waals surface area contributed by atoms with E-state index in [2.05, 4.69) is 5.32 Å². The highest BCUT2D eigenvalue weighted by Gasteiger charge is 2.14. The van der Waals surface area contributed by atoms with Crippen molar-refractivity contribution in [1.29, 1.82) is 0 Å². The lowest BCUT2D eigenvalue weighted by Crippen LogP contribution is -2.12. The second-order valence-electron chi connectivity index (χ2n) is 5.08. The second-order valence-corrected chi connectivity index (χ2v) is 5.52. The van der Waals surface area contributed by atoms with Gasteiger partial charge in [-0.25, -0.2) is 4.39 Å². The van der Waals surface area contributed by atoms with Crippen LogP contribution in [0.25, 0.3) is 11.3 Å². The first-order chi connectivity index (χ1) is 11.0. The summed E-state index contributed by atoms with van der Waals surface area (Å²) in [5.41, 5.74) is 2.00. The van der Waals surface area contributed by atoms with E-state index in [-0.39, 0.29) is 5.76 Å². The predicted octanol–water partition coefficient (Wildman–Crippen LogP) is 5.30. The molecule has 0 saturated heterocycles. The van der Waals surface area contributed by atoms with E-state index in [1.165, 1.54) is 12.1 Å². The fraction of sp³-hybridized carbons (Fsp3) is 0.0556. The fourth-order valence-corrected chi connectivity index (χ4v) is 2.27. The molecule has 3 rings (SSSR count). The SMILES string of the molecule is Cc1ccc(F)cc1NC(=O)c1ccc(-c2ccc(Cl)cc2)o1. The maximum Gasteiger partial charge on any atom is 0.291 e. The molecule has 0 unspecified atom stereocenters. The summed E-state index contributed by atoms with van der Waals surface area (Å²) in [6, 6.07) is 14.6. The first-order valence-electron chi connectivity index (χ1n) is 6.96. The highest BCUT2D eigenvalue weighted by Crippen LogP contribution is 2.25. The zero-order valence-electron chi connectivity index (χ0n) is 12.3. The Bertz CT molecular complexity index is 856. The number of rotatable bonds is 3. The Morgan fingerprint density at radius 3 is 2.57 bits per heavy atom. The van der Waals surface area contributed by atoms with Gasteiger partial charge in [0.1, 0.15) is 11.6 Å². The first kappa shape index (κ1) is 15.3. The van der Waals surface area contributed by atoms with E-state index in [9.17, 15) is 9.18 Å². The molecular formula is C18H13ClFNO2. The summed E-state index contributed by atoms with van der Waals surface area (Å²) in [7, 11) is 0. The van der Waals surface area contributed by atoms with Crippen LogP contribution in [0.2, 0.25) is 5.02 Å². The zero-order valence-corrected chi connectivity index (χ0v) is 13.0. The third-order valence-corrected chi connectivity index (χ3v) is 3.66. The van der Waals surface area contributed by atoms with E-state index in [0.29, 0.717) is 16.5 Å². The number of furan rings is 1. The average Bonchev–Trinajstić information content (AvgIpc) is 3.02. The smallest absolute Gasteiger partial charge is 0.291 e. The van der Waals surface area contributed by atoms with Crippen LogP contribution in [-0.4, -0.2) is 5.91 Å². The van der Waals surface area contributed by atoms with E-state index in [0.717, 1.165) is 11.1 Å².